The van der Waals surface area contributed by atoms with E-state index < -0.39 is 29.8 Å². The minimum atomic E-state index is -0.885. The van der Waals surface area contributed by atoms with Crippen LogP contribution in [0.1, 0.15) is 22.3 Å². The van der Waals surface area contributed by atoms with E-state index in [2.05, 4.69) is 0 Å². The van der Waals surface area contributed by atoms with Crippen molar-refractivity contribution in [3.63, 3.8) is 0 Å². The maximum atomic E-state index is 12.4. The van der Waals surface area contributed by atoms with Crippen molar-refractivity contribution in [3.8, 4) is 17.2 Å². The number of amides is 1. The fraction of sp³-hybridized carbons (Fsp3) is 0.222. The Kier molecular flexibility index (Phi) is 4.47. The minimum absolute atomic E-state index is 0.167. The van der Waals surface area contributed by atoms with E-state index in [-0.39, 0.29) is 11.5 Å². The number of hydrogen-bond donors (Lipinski definition) is 3. The Balaban J connectivity index is 1.68. The highest BCUT2D eigenvalue weighted by atomic mass is 16.5. The lowest BCUT2D eigenvalue weighted by molar-refractivity contribution is -0.121. The van der Waals surface area contributed by atoms with Crippen LogP contribution in [0.3, 0.4) is 0 Å². The molecule has 0 aliphatic carbocycles. The number of esters is 1. The lowest BCUT2D eigenvalue weighted by Gasteiger charge is -2.29. The Morgan fingerprint density at radius 1 is 1.08 bits per heavy atom. The predicted molar refractivity (Wildman–Crippen MR) is 88.8 cm³/mol. The summed E-state index contributed by atoms with van der Waals surface area (Å²) < 4.78 is 4.97. The first kappa shape index (κ1) is 16.6. The minimum Gasteiger partial charge on any atom is -0.504 e. The number of anilines is 1. The number of hydrogen-bond acceptors (Lipinski definition) is 6. The molecule has 2 aromatic rings. The summed E-state index contributed by atoms with van der Waals surface area (Å²) in [6.45, 7) is 0.0871. The molecule has 3 rings (SSSR count). The van der Waals surface area contributed by atoms with Crippen LogP contribution in [0, 0.1) is 0 Å². The van der Waals surface area contributed by atoms with Crippen LogP contribution in [0.15, 0.2) is 36.4 Å². The Labute approximate surface area is 143 Å². The molecule has 0 saturated carbocycles. The third-order valence-electron chi connectivity index (χ3n) is 4.04. The van der Waals surface area contributed by atoms with Crippen LogP contribution in [-0.2, 0) is 16.0 Å². The molecule has 1 aliphatic rings. The number of rotatable bonds is 3. The largest absolute Gasteiger partial charge is 0.504 e. The molecule has 130 valence electrons. The topological polar surface area (TPSA) is 107 Å². The number of nitrogens with zero attached hydrogens (tertiary/aromatic N) is 1. The van der Waals surface area contributed by atoms with Crippen molar-refractivity contribution in [2.45, 2.75) is 12.8 Å². The molecule has 0 radical (unpaired) electrons. The summed E-state index contributed by atoms with van der Waals surface area (Å²) in [5.74, 6) is -3.26. The summed E-state index contributed by atoms with van der Waals surface area (Å²) in [4.78, 5) is 26.0. The molecule has 0 saturated heterocycles. The van der Waals surface area contributed by atoms with Gasteiger partial charge in [-0.25, -0.2) is 4.79 Å². The summed E-state index contributed by atoms with van der Waals surface area (Å²) in [7, 11) is 0. The van der Waals surface area contributed by atoms with Crippen LogP contribution in [-0.4, -0.2) is 40.3 Å². The van der Waals surface area contributed by atoms with Gasteiger partial charge in [0, 0.05) is 12.2 Å². The van der Waals surface area contributed by atoms with Gasteiger partial charge in [-0.15, -0.1) is 0 Å². The average molecular weight is 343 g/mol. The third kappa shape index (κ3) is 3.35. The number of benzene rings is 2. The zero-order valence-corrected chi connectivity index (χ0v) is 13.3. The molecular weight excluding hydrogens is 326 g/mol. The van der Waals surface area contributed by atoms with Gasteiger partial charge in [0.15, 0.2) is 23.9 Å². The maximum Gasteiger partial charge on any atom is 0.338 e. The maximum absolute atomic E-state index is 12.4. The normalized spacial score (nSPS) is 13.2. The van der Waals surface area contributed by atoms with E-state index in [0.717, 1.165) is 36.2 Å². The van der Waals surface area contributed by atoms with Gasteiger partial charge >= 0.3 is 5.97 Å². The van der Waals surface area contributed by atoms with Crippen LogP contribution in [0.25, 0.3) is 0 Å². The highest BCUT2D eigenvalue weighted by Crippen LogP contribution is 2.35. The first-order valence-corrected chi connectivity index (χ1v) is 7.77. The molecule has 7 nitrogen and oxygen atoms in total. The molecule has 0 unspecified atom stereocenters. The average Bonchev–Trinajstić information content (AvgIpc) is 2.63. The van der Waals surface area contributed by atoms with Crippen molar-refractivity contribution in [3.05, 3.63) is 47.5 Å². The Hall–Kier alpha value is -3.22. The number of fused-ring (bicyclic) bond motifs is 1. The van der Waals surface area contributed by atoms with Gasteiger partial charge < -0.3 is 25.0 Å². The standard InChI is InChI=1S/C18H17NO6/c20-14-8-12(9-15(21)17(14)23)18(24)25-10-16(22)19-7-3-5-11-4-1-2-6-13(11)19/h1-2,4,6,8-9,20-21,23H,3,5,7,10H2. The smallest absolute Gasteiger partial charge is 0.338 e. The van der Waals surface area contributed by atoms with E-state index in [1.807, 2.05) is 24.3 Å². The summed E-state index contributed by atoms with van der Waals surface area (Å²) in [5.41, 5.74) is 1.72. The van der Waals surface area contributed by atoms with Crippen LogP contribution >= 0.6 is 0 Å². The van der Waals surface area contributed by atoms with Gasteiger partial charge in [-0.1, -0.05) is 18.2 Å². The van der Waals surface area contributed by atoms with E-state index in [4.69, 9.17) is 4.74 Å². The number of phenols is 3. The molecule has 0 atom stereocenters. The highest BCUT2D eigenvalue weighted by Gasteiger charge is 2.23. The number of para-hydroxylation sites is 1. The first-order valence-electron chi connectivity index (χ1n) is 7.77. The summed E-state index contributed by atoms with van der Waals surface area (Å²) in [5, 5.41) is 28.1. The second kappa shape index (κ2) is 6.72. The molecule has 7 heteroatoms. The van der Waals surface area contributed by atoms with E-state index >= 15 is 0 Å². The Morgan fingerprint density at radius 3 is 2.48 bits per heavy atom. The van der Waals surface area contributed by atoms with Gasteiger partial charge in [0.2, 0.25) is 0 Å². The molecule has 0 aromatic heterocycles. The molecule has 2 aromatic carbocycles. The van der Waals surface area contributed by atoms with E-state index in [9.17, 15) is 24.9 Å². The van der Waals surface area contributed by atoms with E-state index in [0.29, 0.717) is 6.54 Å². The summed E-state index contributed by atoms with van der Waals surface area (Å²) >= 11 is 0. The Morgan fingerprint density at radius 2 is 1.76 bits per heavy atom. The molecule has 1 amide bonds. The molecular formula is C18H17NO6. The number of ether oxygens (including phenoxy) is 1. The van der Waals surface area contributed by atoms with E-state index in [1.54, 1.807) is 4.90 Å². The van der Waals surface area contributed by atoms with Crippen LogP contribution in [0.2, 0.25) is 0 Å². The third-order valence-corrected chi connectivity index (χ3v) is 4.04. The van der Waals surface area contributed by atoms with Crippen LogP contribution in [0.4, 0.5) is 5.69 Å². The molecule has 0 fully saturated rings. The van der Waals surface area contributed by atoms with Gasteiger partial charge in [0.25, 0.3) is 5.91 Å². The first-order chi connectivity index (χ1) is 12.0. The molecule has 0 spiro atoms. The summed E-state index contributed by atoms with van der Waals surface area (Å²) in [6, 6.07) is 9.48. The number of aryl methyl sites for hydroxylation is 1. The fourth-order valence-corrected chi connectivity index (χ4v) is 2.80. The molecule has 3 N–H and O–H groups in total. The quantitative estimate of drug-likeness (QED) is 0.581. The second-order valence-electron chi connectivity index (χ2n) is 5.72. The van der Waals surface area contributed by atoms with Crippen molar-refractivity contribution in [1.29, 1.82) is 0 Å². The van der Waals surface area contributed by atoms with Crippen LogP contribution < -0.4 is 4.90 Å². The molecule has 25 heavy (non-hydrogen) atoms. The number of phenolic OH excluding ortho intramolecular Hbond substituents is 3. The van der Waals surface area contributed by atoms with Gasteiger partial charge in [0.05, 0.1) is 5.56 Å². The van der Waals surface area contributed by atoms with Gasteiger partial charge in [-0.3, -0.25) is 4.79 Å². The highest BCUT2D eigenvalue weighted by molar-refractivity contribution is 5.98. The lowest BCUT2D eigenvalue weighted by atomic mass is 10.0. The van der Waals surface area contributed by atoms with Crippen molar-refractivity contribution >= 4 is 17.6 Å². The lowest BCUT2D eigenvalue weighted by Crippen LogP contribution is -2.38. The second-order valence-corrected chi connectivity index (χ2v) is 5.72. The van der Waals surface area contributed by atoms with Crippen molar-refractivity contribution < 1.29 is 29.6 Å². The van der Waals surface area contributed by atoms with Gasteiger partial charge in [0.1, 0.15) is 0 Å². The van der Waals surface area contributed by atoms with Crippen molar-refractivity contribution in [1.82, 2.24) is 0 Å². The van der Waals surface area contributed by atoms with Crippen molar-refractivity contribution in [2.75, 3.05) is 18.1 Å². The molecule has 1 heterocycles. The molecule has 1 aliphatic heterocycles. The Bertz CT molecular complexity index is 809. The van der Waals surface area contributed by atoms with Crippen molar-refractivity contribution in [2.24, 2.45) is 0 Å². The zero-order chi connectivity index (χ0) is 18.0. The monoisotopic (exact) mass is 343 g/mol. The molecule has 0 bridgehead atoms. The van der Waals surface area contributed by atoms with E-state index in [1.165, 1.54) is 0 Å². The summed E-state index contributed by atoms with van der Waals surface area (Å²) in [6.07, 6.45) is 1.72. The number of aromatic hydroxyl groups is 3. The SMILES string of the molecule is O=C(OCC(=O)N1CCCc2ccccc21)c1cc(O)c(O)c(O)c1. The predicted octanol–water partition coefficient (Wildman–Crippen LogP) is 1.94. The van der Waals surface area contributed by atoms with Crippen LogP contribution in [0.5, 0.6) is 17.2 Å². The zero-order valence-electron chi connectivity index (χ0n) is 13.3. The van der Waals surface area contributed by atoms with Gasteiger partial charge in [-0.2, -0.15) is 0 Å². The fourth-order valence-electron chi connectivity index (χ4n) is 2.80. The van der Waals surface area contributed by atoms with Gasteiger partial charge in [-0.05, 0) is 36.6 Å². The number of carbonyl (C=O) groups is 2. The number of carbonyl (C=O) groups excluding carboxylic acids is 2.